The maximum atomic E-state index is 12.8. The topological polar surface area (TPSA) is 142 Å². The van der Waals surface area contributed by atoms with Crippen molar-refractivity contribution in [1.29, 1.82) is 0 Å². The minimum absolute atomic E-state index is 0.171. The molecule has 0 aliphatic carbocycles. The number of hydrogen-bond donors (Lipinski definition) is 4. The number of likely N-dealkylation sites (tertiary alicyclic amines) is 1. The van der Waals surface area contributed by atoms with Crippen molar-refractivity contribution in [2.45, 2.75) is 58.2 Å². The van der Waals surface area contributed by atoms with Gasteiger partial charge >= 0.3 is 5.97 Å². The number of amides is 3. The van der Waals surface area contributed by atoms with Gasteiger partial charge in [0.05, 0.1) is 12.6 Å². The van der Waals surface area contributed by atoms with E-state index in [1.165, 1.54) is 11.8 Å². The summed E-state index contributed by atoms with van der Waals surface area (Å²) in [4.78, 5) is 48.9. The molecule has 1 saturated heterocycles. The molecule has 9 heteroatoms. The highest BCUT2D eigenvalue weighted by atomic mass is 16.4. The van der Waals surface area contributed by atoms with Crippen LogP contribution in [0.5, 0.6) is 0 Å². The lowest BCUT2D eigenvalue weighted by Crippen LogP contribution is -2.55. The number of nitrogens with one attached hydrogen (secondary N) is 2. The Labute approximate surface area is 147 Å². The highest BCUT2D eigenvalue weighted by molar-refractivity contribution is 5.92. The van der Waals surface area contributed by atoms with E-state index in [-0.39, 0.29) is 12.5 Å². The number of nitrogens with zero attached hydrogens (tertiary/aromatic N) is 1. The van der Waals surface area contributed by atoms with Crippen molar-refractivity contribution in [2.24, 2.45) is 11.7 Å². The van der Waals surface area contributed by atoms with Crippen LogP contribution in [-0.4, -0.2) is 64.9 Å². The molecule has 0 spiro atoms. The first kappa shape index (κ1) is 20.9. The number of carbonyl (C=O) groups is 4. The van der Waals surface area contributed by atoms with Gasteiger partial charge in [-0.2, -0.15) is 0 Å². The predicted molar refractivity (Wildman–Crippen MR) is 90.4 cm³/mol. The van der Waals surface area contributed by atoms with Crippen LogP contribution in [0.15, 0.2) is 0 Å². The molecule has 3 amide bonds. The molecule has 1 heterocycles. The molecule has 1 rings (SSSR count). The Morgan fingerprint density at radius 1 is 1.28 bits per heavy atom. The van der Waals surface area contributed by atoms with E-state index in [9.17, 15) is 24.3 Å². The van der Waals surface area contributed by atoms with Crippen LogP contribution in [0.1, 0.15) is 40.0 Å². The lowest BCUT2D eigenvalue weighted by molar-refractivity contribution is -0.150. The van der Waals surface area contributed by atoms with Crippen molar-refractivity contribution in [3.8, 4) is 0 Å². The normalized spacial score (nSPS) is 20.5. The maximum Gasteiger partial charge on any atom is 0.326 e. The van der Waals surface area contributed by atoms with E-state index < -0.39 is 41.8 Å². The van der Waals surface area contributed by atoms with Crippen molar-refractivity contribution < 1.29 is 24.3 Å². The zero-order valence-corrected chi connectivity index (χ0v) is 14.9. The second kappa shape index (κ2) is 9.36. The number of rotatable bonds is 8. The third-order valence-electron chi connectivity index (χ3n) is 4.45. The monoisotopic (exact) mass is 356 g/mol. The molecule has 142 valence electrons. The third kappa shape index (κ3) is 5.70. The van der Waals surface area contributed by atoms with Crippen LogP contribution in [0.2, 0.25) is 0 Å². The van der Waals surface area contributed by atoms with Gasteiger partial charge in [0.1, 0.15) is 12.1 Å². The van der Waals surface area contributed by atoms with Gasteiger partial charge in [0, 0.05) is 6.54 Å². The quantitative estimate of drug-likeness (QED) is 0.442. The number of hydrogen-bond acceptors (Lipinski definition) is 5. The largest absolute Gasteiger partial charge is 0.480 e. The van der Waals surface area contributed by atoms with E-state index in [4.69, 9.17) is 5.73 Å². The molecule has 0 saturated carbocycles. The Morgan fingerprint density at radius 3 is 2.44 bits per heavy atom. The Hall–Kier alpha value is -2.16. The van der Waals surface area contributed by atoms with Crippen LogP contribution in [0, 0.1) is 5.92 Å². The molecule has 0 radical (unpaired) electrons. The third-order valence-corrected chi connectivity index (χ3v) is 4.45. The van der Waals surface area contributed by atoms with Gasteiger partial charge < -0.3 is 26.4 Å². The fourth-order valence-corrected chi connectivity index (χ4v) is 2.70. The summed E-state index contributed by atoms with van der Waals surface area (Å²) < 4.78 is 0. The highest BCUT2D eigenvalue weighted by Crippen LogP contribution is 2.21. The summed E-state index contributed by atoms with van der Waals surface area (Å²) in [7, 11) is 0. The van der Waals surface area contributed by atoms with Crippen molar-refractivity contribution in [3.63, 3.8) is 0 Å². The van der Waals surface area contributed by atoms with Crippen molar-refractivity contribution in [1.82, 2.24) is 15.5 Å². The molecule has 1 aliphatic heterocycles. The molecule has 0 bridgehead atoms. The smallest absolute Gasteiger partial charge is 0.326 e. The average molecular weight is 356 g/mol. The van der Waals surface area contributed by atoms with Crippen LogP contribution in [-0.2, 0) is 19.2 Å². The van der Waals surface area contributed by atoms with Crippen molar-refractivity contribution in [2.75, 3.05) is 13.1 Å². The maximum absolute atomic E-state index is 12.8. The van der Waals surface area contributed by atoms with Crippen LogP contribution in [0.3, 0.4) is 0 Å². The Balaban J connectivity index is 2.77. The van der Waals surface area contributed by atoms with Crippen LogP contribution in [0.4, 0.5) is 0 Å². The average Bonchev–Trinajstić information content (AvgIpc) is 3.05. The highest BCUT2D eigenvalue weighted by Gasteiger charge is 2.39. The molecular formula is C16H28N4O5. The van der Waals surface area contributed by atoms with E-state index in [0.717, 1.165) is 0 Å². The molecule has 5 N–H and O–H groups in total. The van der Waals surface area contributed by atoms with E-state index in [1.807, 2.05) is 13.8 Å². The fourth-order valence-electron chi connectivity index (χ4n) is 2.70. The number of carboxylic acids is 1. The summed E-state index contributed by atoms with van der Waals surface area (Å²) in [6.45, 7) is 5.27. The van der Waals surface area contributed by atoms with Crippen molar-refractivity contribution in [3.05, 3.63) is 0 Å². The first-order valence-electron chi connectivity index (χ1n) is 8.54. The zero-order valence-electron chi connectivity index (χ0n) is 14.9. The molecule has 4 atom stereocenters. The summed E-state index contributed by atoms with van der Waals surface area (Å²) in [6, 6.07) is -2.42. The minimum atomic E-state index is -1.04. The molecule has 25 heavy (non-hydrogen) atoms. The molecule has 0 aromatic carbocycles. The molecule has 9 nitrogen and oxygen atoms in total. The molecule has 1 aliphatic rings. The summed E-state index contributed by atoms with van der Waals surface area (Å²) >= 11 is 0. The summed E-state index contributed by atoms with van der Waals surface area (Å²) in [5.74, 6) is -2.59. The van der Waals surface area contributed by atoms with E-state index >= 15 is 0 Å². The first-order valence-corrected chi connectivity index (χ1v) is 8.54. The van der Waals surface area contributed by atoms with Gasteiger partial charge in [-0.15, -0.1) is 0 Å². The van der Waals surface area contributed by atoms with Crippen LogP contribution in [0.25, 0.3) is 0 Å². The Bertz CT molecular complexity index is 523. The first-order chi connectivity index (χ1) is 11.7. The van der Waals surface area contributed by atoms with Gasteiger partial charge in [0.2, 0.25) is 17.7 Å². The number of nitrogens with two attached hydrogens (primary N) is 1. The van der Waals surface area contributed by atoms with Gasteiger partial charge in [-0.1, -0.05) is 20.3 Å². The minimum Gasteiger partial charge on any atom is -0.480 e. The van der Waals surface area contributed by atoms with E-state index in [2.05, 4.69) is 10.6 Å². The Kier molecular flexibility index (Phi) is 7.82. The second-order valence-corrected chi connectivity index (χ2v) is 6.47. The van der Waals surface area contributed by atoms with Gasteiger partial charge in [-0.25, -0.2) is 4.79 Å². The van der Waals surface area contributed by atoms with Crippen molar-refractivity contribution >= 4 is 23.7 Å². The summed E-state index contributed by atoms with van der Waals surface area (Å²) in [5, 5.41) is 14.3. The Morgan fingerprint density at radius 2 is 1.92 bits per heavy atom. The van der Waals surface area contributed by atoms with E-state index in [0.29, 0.717) is 25.8 Å². The lowest BCUT2D eigenvalue weighted by atomic mass is 9.97. The lowest BCUT2D eigenvalue weighted by Gasteiger charge is -2.30. The second-order valence-electron chi connectivity index (χ2n) is 6.47. The number of aliphatic carboxylic acids is 1. The van der Waals surface area contributed by atoms with Gasteiger partial charge in [0.15, 0.2) is 0 Å². The van der Waals surface area contributed by atoms with Crippen LogP contribution < -0.4 is 16.4 Å². The van der Waals surface area contributed by atoms with Crippen LogP contribution >= 0.6 is 0 Å². The van der Waals surface area contributed by atoms with Gasteiger partial charge in [0.25, 0.3) is 0 Å². The summed E-state index contributed by atoms with van der Waals surface area (Å²) in [6.07, 6.45) is 1.66. The molecule has 1 fully saturated rings. The molecule has 0 aromatic heterocycles. The van der Waals surface area contributed by atoms with E-state index in [1.54, 1.807) is 0 Å². The predicted octanol–water partition coefficient (Wildman–Crippen LogP) is -0.944. The SMILES string of the molecule is CC[C@H](C)[C@H](NC(=O)CNC(=O)[C@H](C)N)C(=O)N1CCC[C@H]1C(=O)O. The standard InChI is InChI=1S/C16H28N4O5/c1-4-9(2)13(19-12(21)8-18-14(22)10(3)17)15(23)20-7-5-6-11(20)16(24)25/h9-11,13H,4-8,17H2,1-3H3,(H,18,22)(H,19,21)(H,24,25)/t9-,10-,11-,13-/m0/s1. The van der Waals surface area contributed by atoms with Gasteiger partial charge in [-0.05, 0) is 25.7 Å². The summed E-state index contributed by atoms with van der Waals surface area (Å²) in [5.41, 5.74) is 5.41. The number of carbonyl (C=O) groups excluding carboxylic acids is 3. The fraction of sp³-hybridized carbons (Fsp3) is 0.750. The zero-order chi connectivity index (χ0) is 19.1. The number of carboxylic acid groups (broad SMARTS) is 1. The molecule has 0 unspecified atom stereocenters. The molecule has 0 aromatic rings. The molecular weight excluding hydrogens is 328 g/mol. The van der Waals surface area contributed by atoms with Gasteiger partial charge in [-0.3, -0.25) is 14.4 Å².